The predicted molar refractivity (Wildman–Crippen MR) is 100 cm³/mol. The molecule has 1 atom stereocenters. The third kappa shape index (κ3) is 4.96. The third-order valence-electron chi connectivity index (χ3n) is 4.74. The van der Waals surface area contributed by atoms with Crippen LogP contribution in [0.2, 0.25) is 5.02 Å². The van der Waals surface area contributed by atoms with Crippen LogP contribution in [0.5, 0.6) is 0 Å². The van der Waals surface area contributed by atoms with E-state index in [-0.39, 0.29) is 27.8 Å². The second kappa shape index (κ2) is 8.52. The van der Waals surface area contributed by atoms with Gasteiger partial charge in [0.1, 0.15) is 4.90 Å². The van der Waals surface area contributed by atoms with Crippen LogP contribution >= 0.6 is 11.6 Å². The average Bonchev–Trinajstić information content (AvgIpc) is 2.84. The van der Waals surface area contributed by atoms with Crippen LogP contribution in [-0.4, -0.2) is 37.8 Å². The number of hydrogen-bond donors (Lipinski definition) is 1. The van der Waals surface area contributed by atoms with Crippen molar-refractivity contribution < 1.29 is 13.2 Å². The van der Waals surface area contributed by atoms with Crippen molar-refractivity contribution in [1.82, 2.24) is 9.62 Å². The van der Waals surface area contributed by atoms with Crippen molar-refractivity contribution in [3.63, 3.8) is 0 Å². The van der Waals surface area contributed by atoms with E-state index in [0.717, 1.165) is 25.7 Å². The maximum Gasteiger partial charge on any atom is 0.251 e. The van der Waals surface area contributed by atoms with Gasteiger partial charge in [0.15, 0.2) is 0 Å². The Morgan fingerprint density at radius 1 is 1.12 bits per heavy atom. The number of sulfonamides is 1. The molecule has 1 unspecified atom stereocenters. The van der Waals surface area contributed by atoms with E-state index >= 15 is 0 Å². The second-order valence-corrected chi connectivity index (χ2v) is 9.28. The van der Waals surface area contributed by atoms with Crippen molar-refractivity contribution in [2.45, 2.75) is 57.4 Å². The molecule has 1 fully saturated rings. The van der Waals surface area contributed by atoms with E-state index in [2.05, 4.69) is 5.32 Å². The lowest BCUT2D eigenvalue weighted by Gasteiger charge is -2.21. The van der Waals surface area contributed by atoms with E-state index in [1.807, 2.05) is 20.8 Å². The van der Waals surface area contributed by atoms with Gasteiger partial charge in [0, 0.05) is 24.7 Å². The number of carbonyl (C=O) groups excluding carboxylic acids is 1. The lowest BCUT2D eigenvalue weighted by molar-refractivity contribution is 0.0930. The summed E-state index contributed by atoms with van der Waals surface area (Å²) >= 11 is 6.16. The van der Waals surface area contributed by atoms with Gasteiger partial charge in [0.25, 0.3) is 5.91 Å². The van der Waals surface area contributed by atoms with Crippen molar-refractivity contribution in [1.29, 1.82) is 0 Å². The Balaban J connectivity index is 2.30. The Morgan fingerprint density at radius 2 is 1.72 bits per heavy atom. The van der Waals surface area contributed by atoms with Crippen molar-refractivity contribution >= 4 is 27.5 Å². The molecule has 1 saturated heterocycles. The van der Waals surface area contributed by atoms with Crippen LogP contribution in [0.15, 0.2) is 23.1 Å². The Bertz CT molecular complexity index is 711. The summed E-state index contributed by atoms with van der Waals surface area (Å²) in [6.07, 6.45) is 3.77. The molecule has 1 aromatic carbocycles. The smallest absolute Gasteiger partial charge is 0.251 e. The first-order valence-electron chi connectivity index (χ1n) is 8.84. The summed E-state index contributed by atoms with van der Waals surface area (Å²) in [4.78, 5) is 12.4. The van der Waals surface area contributed by atoms with Gasteiger partial charge in [-0.15, -0.1) is 0 Å². The predicted octanol–water partition coefficient (Wildman–Crippen LogP) is 3.68. The maximum atomic E-state index is 13.0. The van der Waals surface area contributed by atoms with E-state index in [1.54, 1.807) is 6.07 Å². The summed E-state index contributed by atoms with van der Waals surface area (Å²) in [6, 6.07) is 4.44. The number of hydrogen-bond acceptors (Lipinski definition) is 3. The molecule has 1 aliphatic heterocycles. The van der Waals surface area contributed by atoms with E-state index in [9.17, 15) is 13.2 Å². The quantitative estimate of drug-likeness (QED) is 0.839. The average molecular weight is 387 g/mol. The summed E-state index contributed by atoms with van der Waals surface area (Å²) in [7, 11) is -3.70. The molecule has 25 heavy (non-hydrogen) atoms. The zero-order valence-corrected chi connectivity index (χ0v) is 16.7. The van der Waals surface area contributed by atoms with E-state index < -0.39 is 10.0 Å². The fourth-order valence-corrected chi connectivity index (χ4v) is 4.74. The van der Waals surface area contributed by atoms with Crippen LogP contribution in [-0.2, 0) is 10.0 Å². The van der Waals surface area contributed by atoms with Crippen molar-refractivity contribution in [2.24, 2.45) is 5.92 Å². The highest BCUT2D eigenvalue weighted by Gasteiger charge is 2.28. The van der Waals surface area contributed by atoms with Crippen molar-refractivity contribution in [3.05, 3.63) is 28.8 Å². The molecular weight excluding hydrogens is 360 g/mol. The van der Waals surface area contributed by atoms with Gasteiger partial charge in [0.05, 0.1) is 5.02 Å². The third-order valence-corrected chi connectivity index (χ3v) is 7.12. The zero-order chi connectivity index (χ0) is 18.6. The molecule has 7 heteroatoms. The molecule has 140 valence electrons. The van der Waals surface area contributed by atoms with E-state index in [4.69, 9.17) is 11.6 Å². The SMILES string of the molecule is CC(C)C(C)NC(=O)c1ccc(Cl)c(S(=O)(=O)N2CCCCCC2)c1. The summed E-state index contributed by atoms with van der Waals surface area (Å²) in [5.74, 6) is 0.00161. The Labute approximate surface area is 155 Å². The highest BCUT2D eigenvalue weighted by molar-refractivity contribution is 7.89. The monoisotopic (exact) mass is 386 g/mol. The van der Waals surface area contributed by atoms with Crippen LogP contribution in [0.25, 0.3) is 0 Å². The molecule has 0 spiro atoms. The topological polar surface area (TPSA) is 66.5 Å². The van der Waals surface area contributed by atoms with Gasteiger partial charge in [0.2, 0.25) is 10.0 Å². The standard InChI is InChI=1S/C18H27ClN2O3S/c1-13(2)14(3)20-18(22)15-8-9-16(19)17(12-15)25(23,24)21-10-6-4-5-7-11-21/h8-9,12-14H,4-7,10-11H2,1-3H3,(H,20,22). The molecule has 0 saturated carbocycles. The molecule has 0 radical (unpaired) electrons. The molecule has 0 aromatic heterocycles. The Morgan fingerprint density at radius 3 is 2.28 bits per heavy atom. The Hall–Kier alpha value is -1.11. The number of halogens is 1. The molecule has 1 amide bonds. The Kier molecular flexibility index (Phi) is 6.88. The van der Waals surface area contributed by atoms with Gasteiger partial charge >= 0.3 is 0 Å². The van der Waals surface area contributed by atoms with Crippen LogP contribution in [0, 0.1) is 5.92 Å². The molecule has 2 rings (SSSR count). The van der Waals surface area contributed by atoms with Gasteiger partial charge in [-0.2, -0.15) is 4.31 Å². The normalized spacial score (nSPS) is 18.0. The van der Waals surface area contributed by atoms with Gasteiger partial charge < -0.3 is 5.32 Å². The number of amides is 1. The molecule has 0 aliphatic carbocycles. The summed E-state index contributed by atoms with van der Waals surface area (Å²) < 4.78 is 27.4. The largest absolute Gasteiger partial charge is 0.349 e. The molecule has 1 heterocycles. The summed E-state index contributed by atoms with van der Waals surface area (Å²) in [6.45, 7) is 6.95. The van der Waals surface area contributed by atoms with Gasteiger partial charge in [-0.25, -0.2) is 8.42 Å². The van der Waals surface area contributed by atoms with Crippen molar-refractivity contribution in [2.75, 3.05) is 13.1 Å². The van der Waals surface area contributed by atoms with E-state index in [0.29, 0.717) is 18.7 Å². The lowest BCUT2D eigenvalue weighted by atomic mass is 10.1. The maximum absolute atomic E-state index is 13.0. The fourth-order valence-electron chi connectivity index (χ4n) is 2.72. The van der Waals surface area contributed by atoms with Crippen LogP contribution in [0.1, 0.15) is 56.8 Å². The summed E-state index contributed by atoms with van der Waals surface area (Å²) in [5, 5.41) is 3.04. The lowest BCUT2D eigenvalue weighted by Crippen LogP contribution is -2.36. The van der Waals surface area contributed by atoms with Gasteiger partial charge in [-0.1, -0.05) is 38.3 Å². The van der Waals surface area contributed by atoms with Crippen LogP contribution < -0.4 is 5.32 Å². The number of nitrogens with one attached hydrogen (secondary N) is 1. The number of carbonyl (C=O) groups is 1. The van der Waals surface area contributed by atoms with Crippen LogP contribution in [0.4, 0.5) is 0 Å². The minimum Gasteiger partial charge on any atom is -0.349 e. The minimum atomic E-state index is -3.70. The number of benzene rings is 1. The van der Waals surface area contributed by atoms with Crippen LogP contribution in [0.3, 0.4) is 0 Å². The molecule has 1 aliphatic rings. The molecule has 1 N–H and O–H groups in total. The first-order chi connectivity index (χ1) is 11.7. The first-order valence-corrected chi connectivity index (χ1v) is 10.7. The first kappa shape index (κ1) is 20.2. The fraction of sp³-hybridized carbons (Fsp3) is 0.611. The second-order valence-electron chi connectivity index (χ2n) is 6.97. The summed E-state index contributed by atoms with van der Waals surface area (Å²) in [5.41, 5.74) is 0.310. The highest BCUT2D eigenvalue weighted by Crippen LogP contribution is 2.27. The van der Waals surface area contributed by atoms with Gasteiger partial charge in [-0.3, -0.25) is 4.79 Å². The van der Waals surface area contributed by atoms with E-state index in [1.165, 1.54) is 16.4 Å². The molecule has 5 nitrogen and oxygen atoms in total. The molecule has 1 aromatic rings. The molecular formula is C18H27ClN2O3S. The molecule has 0 bridgehead atoms. The minimum absolute atomic E-state index is 0.00570. The van der Waals surface area contributed by atoms with Crippen molar-refractivity contribution in [3.8, 4) is 0 Å². The number of nitrogens with zero attached hydrogens (tertiary/aromatic N) is 1. The highest BCUT2D eigenvalue weighted by atomic mass is 35.5. The number of rotatable bonds is 5. The van der Waals surface area contributed by atoms with Gasteiger partial charge in [-0.05, 0) is 43.9 Å². The zero-order valence-electron chi connectivity index (χ0n) is 15.1.